The molecule has 0 spiro atoms. The smallest absolute Gasteiger partial charge is 0.0472 e. The van der Waals surface area contributed by atoms with Crippen LogP contribution >= 0.6 is 0 Å². The third kappa shape index (κ3) is 4.17. The maximum atomic E-state index is 5.59. The fraction of sp³-hybridized carbons (Fsp3) is 1.00. The van der Waals surface area contributed by atoms with E-state index in [9.17, 15) is 0 Å². The number of nitrogens with zero attached hydrogens (tertiary/aromatic N) is 2. The molecule has 1 atom stereocenters. The third-order valence-electron chi connectivity index (χ3n) is 5.12. The van der Waals surface area contributed by atoms with Crippen molar-refractivity contribution in [3.63, 3.8) is 0 Å². The van der Waals surface area contributed by atoms with Gasteiger partial charge in [-0.1, -0.05) is 13.8 Å². The average molecular weight is 283 g/mol. The van der Waals surface area contributed by atoms with Crippen molar-refractivity contribution in [3.8, 4) is 0 Å². The predicted octanol–water partition coefficient (Wildman–Crippen LogP) is 1.42. The zero-order valence-corrected chi connectivity index (χ0v) is 13.7. The molecule has 1 unspecified atom stereocenters. The lowest BCUT2D eigenvalue weighted by Gasteiger charge is -2.45. The van der Waals surface area contributed by atoms with Crippen LogP contribution in [0.25, 0.3) is 0 Å². The highest BCUT2D eigenvalue weighted by molar-refractivity contribution is 4.89. The Morgan fingerprint density at radius 3 is 2.55 bits per heavy atom. The summed E-state index contributed by atoms with van der Waals surface area (Å²) in [6.45, 7) is 17.1. The van der Waals surface area contributed by atoms with Crippen molar-refractivity contribution in [1.82, 2.24) is 15.1 Å². The fourth-order valence-electron chi connectivity index (χ4n) is 3.74. The quantitative estimate of drug-likeness (QED) is 0.798. The van der Waals surface area contributed by atoms with Gasteiger partial charge in [0.15, 0.2) is 0 Å². The molecule has 4 nitrogen and oxygen atoms in total. The summed E-state index contributed by atoms with van der Waals surface area (Å²) in [5.74, 6) is 0. The molecule has 0 aromatic heterocycles. The van der Waals surface area contributed by atoms with Gasteiger partial charge in [-0.25, -0.2) is 0 Å². The van der Waals surface area contributed by atoms with Crippen LogP contribution in [0.1, 0.15) is 33.6 Å². The molecular formula is C16H33N3O. The average Bonchev–Trinajstić information content (AvgIpc) is 2.46. The molecule has 2 aliphatic heterocycles. The van der Waals surface area contributed by atoms with Crippen LogP contribution in [0, 0.1) is 5.41 Å². The summed E-state index contributed by atoms with van der Waals surface area (Å²) in [6, 6.07) is 0.699. The first kappa shape index (κ1) is 16.2. The summed E-state index contributed by atoms with van der Waals surface area (Å²) in [5, 5.41) is 3.59. The number of likely N-dealkylation sites (N-methyl/N-ethyl adjacent to an activating group) is 1. The lowest BCUT2D eigenvalue weighted by Crippen LogP contribution is -2.56. The number of rotatable bonds is 6. The van der Waals surface area contributed by atoms with Gasteiger partial charge in [-0.3, -0.25) is 9.80 Å². The molecule has 2 rings (SSSR count). The highest BCUT2D eigenvalue weighted by Crippen LogP contribution is 2.31. The molecule has 1 N–H and O–H groups in total. The van der Waals surface area contributed by atoms with Gasteiger partial charge in [-0.15, -0.1) is 0 Å². The minimum atomic E-state index is 0.433. The lowest BCUT2D eigenvalue weighted by atomic mass is 9.79. The molecular weight excluding hydrogens is 250 g/mol. The molecule has 0 aromatic carbocycles. The topological polar surface area (TPSA) is 27.7 Å². The van der Waals surface area contributed by atoms with Crippen molar-refractivity contribution in [2.24, 2.45) is 5.41 Å². The van der Waals surface area contributed by atoms with E-state index in [1.54, 1.807) is 0 Å². The number of hydrogen-bond donors (Lipinski definition) is 1. The van der Waals surface area contributed by atoms with Gasteiger partial charge in [0.2, 0.25) is 0 Å². The van der Waals surface area contributed by atoms with Gasteiger partial charge in [0.05, 0.1) is 0 Å². The molecule has 2 heterocycles. The molecule has 0 amide bonds. The first-order chi connectivity index (χ1) is 9.69. The van der Waals surface area contributed by atoms with Gasteiger partial charge in [0, 0.05) is 52.0 Å². The van der Waals surface area contributed by atoms with Crippen molar-refractivity contribution in [2.45, 2.75) is 39.7 Å². The van der Waals surface area contributed by atoms with E-state index >= 15 is 0 Å². The Labute approximate surface area is 124 Å². The van der Waals surface area contributed by atoms with Crippen LogP contribution in [-0.4, -0.2) is 74.9 Å². The first-order valence-electron chi connectivity index (χ1n) is 8.44. The second-order valence-electron chi connectivity index (χ2n) is 6.61. The Balaban J connectivity index is 1.90. The van der Waals surface area contributed by atoms with Crippen molar-refractivity contribution in [3.05, 3.63) is 0 Å². The molecule has 0 bridgehead atoms. The van der Waals surface area contributed by atoms with E-state index in [0.29, 0.717) is 11.5 Å². The molecule has 2 aliphatic rings. The van der Waals surface area contributed by atoms with Crippen LogP contribution in [0.5, 0.6) is 0 Å². The molecule has 0 radical (unpaired) electrons. The number of nitrogens with one attached hydrogen (secondary N) is 1. The van der Waals surface area contributed by atoms with Crippen LogP contribution in [0.15, 0.2) is 0 Å². The zero-order chi connectivity index (χ0) is 14.4. The molecule has 4 heteroatoms. The minimum Gasteiger partial charge on any atom is -0.381 e. The van der Waals surface area contributed by atoms with E-state index < -0.39 is 0 Å². The van der Waals surface area contributed by atoms with Crippen LogP contribution in [0.4, 0.5) is 0 Å². The zero-order valence-electron chi connectivity index (χ0n) is 13.7. The van der Waals surface area contributed by atoms with Gasteiger partial charge in [-0.2, -0.15) is 0 Å². The van der Waals surface area contributed by atoms with E-state index in [1.807, 2.05) is 0 Å². The molecule has 2 fully saturated rings. The van der Waals surface area contributed by atoms with Crippen LogP contribution in [0.3, 0.4) is 0 Å². The monoisotopic (exact) mass is 283 g/mol. The summed E-state index contributed by atoms with van der Waals surface area (Å²) in [6.07, 6.45) is 2.42. The second-order valence-corrected chi connectivity index (χ2v) is 6.61. The van der Waals surface area contributed by atoms with Crippen molar-refractivity contribution in [2.75, 3.05) is 59.0 Å². The molecule has 0 aliphatic carbocycles. The highest BCUT2D eigenvalue weighted by Gasteiger charge is 2.35. The molecule has 118 valence electrons. The summed E-state index contributed by atoms with van der Waals surface area (Å²) in [7, 11) is 0. The van der Waals surface area contributed by atoms with E-state index in [-0.39, 0.29) is 0 Å². The Bertz CT molecular complexity index is 279. The van der Waals surface area contributed by atoms with E-state index in [4.69, 9.17) is 4.74 Å². The van der Waals surface area contributed by atoms with Crippen LogP contribution in [-0.2, 0) is 4.74 Å². The largest absolute Gasteiger partial charge is 0.381 e. The summed E-state index contributed by atoms with van der Waals surface area (Å²) in [4.78, 5) is 5.29. The van der Waals surface area contributed by atoms with Crippen LogP contribution < -0.4 is 5.32 Å². The third-order valence-corrected chi connectivity index (χ3v) is 5.12. The molecule has 20 heavy (non-hydrogen) atoms. The second kappa shape index (κ2) is 7.74. The van der Waals surface area contributed by atoms with Crippen molar-refractivity contribution < 1.29 is 4.74 Å². The van der Waals surface area contributed by atoms with E-state index in [1.165, 1.54) is 45.6 Å². The van der Waals surface area contributed by atoms with E-state index in [0.717, 1.165) is 26.3 Å². The number of ether oxygens (including phenoxy) is 1. The van der Waals surface area contributed by atoms with E-state index in [2.05, 4.69) is 35.9 Å². The van der Waals surface area contributed by atoms with Gasteiger partial charge in [0.25, 0.3) is 0 Å². The lowest BCUT2D eigenvalue weighted by molar-refractivity contribution is -0.0183. The fourth-order valence-corrected chi connectivity index (χ4v) is 3.74. The van der Waals surface area contributed by atoms with Gasteiger partial charge in [0.1, 0.15) is 0 Å². The van der Waals surface area contributed by atoms with Crippen molar-refractivity contribution >= 4 is 0 Å². The maximum absolute atomic E-state index is 5.59. The number of hydrogen-bond acceptors (Lipinski definition) is 4. The van der Waals surface area contributed by atoms with Gasteiger partial charge < -0.3 is 10.1 Å². The number of piperazine rings is 1. The van der Waals surface area contributed by atoms with Gasteiger partial charge in [-0.05, 0) is 38.3 Å². The molecule has 2 saturated heterocycles. The summed E-state index contributed by atoms with van der Waals surface area (Å²) >= 11 is 0. The Morgan fingerprint density at radius 2 is 1.95 bits per heavy atom. The SMILES string of the molecule is CCNCC1(CN2CCN(CC)C(C)C2)CCOCC1. The predicted molar refractivity (Wildman–Crippen MR) is 84.2 cm³/mol. The Morgan fingerprint density at radius 1 is 1.20 bits per heavy atom. The minimum absolute atomic E-state index is 0.433. The highest BCUT2D eigenvalue weighted by atomic mass is 16.5. The first-order valence-corrected chi connectivity index (χ1v) is 8.44. The van der Waals surface area contributed by atoms with Gasteiger partial charge >= 0.3 is 0 Å². The van der Waals surface area contributed by atoms with Crippen molar-refractivity contribution in [1.29, 1.82) is 0 Å². The Hall–Kier alpha value is -0.160. The molecule has 0 saturated carbocycles. The summed E-state index contributed by atoms with van der Waals surface area (Å²) in [5.41, 5.74) is 0.433. The Kier molecular flexibility index (Phi) is 6.27. The summed E-state index contributed by atoms with van der Waals surface area (Å²) < 4.78 is 5.59. The standard InChI is InChI=1S/C16H33N3O/c1-4-17-13-16(6-10-20-11-7-16)14-18-8-9-19(5-2)15(3)12-18/h15,17H,4-14H2,1-3H3. The normalized spacial score (nSPS) is 28.6. The van der Waals surface area contributed by atoms with Crippen LogP contribution in [0.2, 0.25) is 0 Å². The maximum Gasteiger partial charge on any atom is 0.0472 e. The molecule has 0 aromatic rings.